The second kappa shape index (κ2) is 7.99. The third-order valence-electron chi connectivity index (χ3n) is 2.32. The Bertz CT molecular complexity index is 556. The van der Waals surface area contributed by atoms with Crippen molar-refractivity contribution < 1.29 is 13.2 Å². The molecule has 0 aliphatic carbocycles. The van der Waals surface area contributed by atoms with E-state index in [2.05, 4.69) is 9.97 Å². The first-order valence-corrected chi connectivity index (χ1v) is 7.17. The highest BCUT2D eigenvalue weighted by Gasteiger charge is 2.29. The van der Waals surface area contributed by atoms with Crippen LogP contribution in [0.4, 0.5) is 13.2 Å². The Morgan fingerprint density at radius 2 is 1.71 bits per heavy atom. The average Bonchev–Trinajstić information content (AvgIpc) is 2.48. The molecule has 0 atom stereocenters. The van der Waals surface area contributed by atoms with Crippen molar-refractivity contribution in [3.8, 4) is 11.3 Å². The predicted molar refractivity (Wildman–Crippen MR) is 78.6 cm³/mol. The average molecular weight is 315 g/mol. The van der Waals surface area contributed by atoms with Gasteiger partial charge in [-0.15, -0.1) is 0 Å². The molecule has 2 N–H and O–H groups in total. The molecule has 0 aliphatic rings. The van der Waals surface area contributed by atoms with Crippen LogP contribution in [0, 0.1) is 0 Å². The van der Waals surface area contributed by atoms with Gasteiger partial charge in [0.15, 0.2) is 0 Å². The highest BCUT2D eigenvalue weighted by molar-refractivity contribution is 8.00. The van der Waals surface area contributed by atoms with Crippen LogP contribution in [0.5, 0.6) is 0 Å². The molecule has 2 rings (SSSR count). The maximum Gasteiger partial charge on any atom is 0.446 e. The molecule has 0 spiro atoms. The van der Waals surface area contributed by atoms with Crippen LogP contribution in [0.3, 0.4) is 0 Å². The molecule has 2 aromatic rings. The molecule has 3 nitrogen and oxygen atoms in total. The molecule has 1 aromatic carbocycles. The number of nitrogens with zero attached hydrogens (tertiary/aromatic N) is 2. The quantitative estimate of drug-likeness (QED) is 0.861. The van der Waals surface area contributed by atoms with E-state index in [1.54, 1.807) is 18.2 Å². The van der Waals surface area contributed by atoms with E-state index < -0.39 is 5.51 Å². The van der Waals surface area contributed by atoms with Gasteiger partial charge in [-0.05, 0) is 30.0 Å². The van der Waals surface area contributed by atoms with Crippen LogP contribution in [0.25, 0.3) is 11.3 Å². The molecule has 114 valence electrons. The molecule has 0 unspecified atom stereocenters. The van der Waals surface area contributed by atoms with Gasteiger partial charge in [0, 0.05) is 17.0 Å². The highest BCUT2D eigenvalue weighted by atomic mass is 32.2. The monoisotopic (exact) mass is 315 g/mol. The fourth-order valence-corrected chi connectivity index (χ4v) is 2.03. The van der Waals surface area contributed by atoms with Crippen molar-refractivity contribution in [2.24, 2.45) is 5.73 Å². The van der Waals surface area contributed by atoms with Crippen molar-refractivity contribution in [1.82, 2.24) is 9.97 Å². The first-order chi connectivity index (χ1) is 9.98. The Kier molecular flexibility index (Phi) is 6.64. The van der Waals surface area contributed by atoms with Gasteiger partial charge in [0.2, 0.25) is 0 Å². The Balaban J connectivity index is 0.00000106. The Hall–Kier alpha value is -1.60. The smallest absolute Gasteiger partial charge is 0.325 e. The van der Waals surface area contributed by atoms with Crippen molar-refractivity contribution in [3.05, 3.63) is 42.4 Å². The number of alkyl halides is 3. The lowest BCUT2D eigenvalue weighted by molar-refractivity contribution is -0.0328. The summed E-state index contributed by atoms with van der Waals surface area (Å²) in [6, 6.07) is 7.73. The van der Waals surface area contributed by atoms with E-state index in [4.69, 9.17) is 5.73 Å². The van der Waals surface area contributed by atoms with Gasteiger partial charge >= 0.3 is 5.51 Å². The molecule has 0 saturated carbocycles. The zero-order valence-electron chi connectivity index (χ0n) is 11.7. The van der Waals surface area contributed by atoms with E-state index >= 15 is 0 Å². The molecule has 1 heterocycles. The standard InChI is InChI=1S/C12H10F3N3S.C2H6/c13-12(14,15)19-10-3-1-8(2-4-10)11-5-9(6-16)17-7-18-11;1-2/h1-5,7H,6,16H2;1-2H3. The Labute approximate surface area is 125 Å². The lowest BCUT2D eigenvalue weighted by Gasteiger charge is -2.06. The minimum atomic E-state index is -4.27. The fourth-order valence-electron chi connectivity index (χ4n) is 1.49. The largest absolute Gasteiger partial charge is 0.446 e. The number of benzene rings is 1. The summed E-state index contributed by atoms with van der Waals surface area (Å²) in [6.45, 7) is 4.29. The zero-order valence-corrected chi connectivity index (χ0v) is 12.5. The number of halogens is 3. The number of hydrogen-bond acceptors (Lipinski definition) is 4. The molecule has 1 aromatic heterocycles. The number of aromatic nitrogens is 2. The Morgan fingerprint density at radius 3 is 2.24 bits per heavy atom. The maximum atomic E-state index is 12.2. The molecular formula is C14H16F3N3S. The second-order valence-corrected chi connectivity index (χ2v) is 4.81. The minimum Gasteiger partial charge on any atom is -0.325 e. The summed E-state index contributed by atoms with van der Waals surface area (Å²) < 4.78 is 36.6. The number of hydrogen-bond donors (Lipinski definition) is 1. The van der Waals surface area contributed by atoms with E-state index in [1.807, 2.05) is 13.8 Å². The minimum absolute atomic E-state index is 0.140. The first kappa shape index (κ1) is 17.5. The van der Waals surface area contributed by atoms with Crippen molar-refractivity contribution in [3.63, 3.8) is 0 Å². The summed E-state index contributed by atoms with van der Waals surface area (Å²) in [5.41, 5.74) is 3.24. The van der Waals surface area contributed by atoms with E-state index in [9.17, 15) is 13.2 Å². The Morgan fingerprint density at radius 1 is 1.10 bits per heavy atom. The lowest BCUT2D eigenvalue weighted by Crippen LogP contribution is -2.00. The highest BCUT2D eigenvalue weighted by Crippen LogP contribution is 2.37. The van der Waals surface area contributed by atoms with Crippen molar-refractivity contribution >= 4 is 11.8 Å². The van der Waals surface area contributed by atoms with Crippen LogP contribution in [0.2, 0.25) is 0 Å². The van der Waals surface area contributed by atoms with Gasteiger partial charge in [-0.25, -0.2) is 9.97 Å². The molecular weight excluding hydrogens is 299 g/mol. The summed E-state index contributed by atoms with van der Waals surface area (Å²) in [6.07, 6.45) is 1.38. The summed E-state index contributed by atoms with van der Waals surface area (Å²) in [5.74, 6) is 0. The van der Waals surface area contributed by atoms with Crippen molar-refractivity contribution in [1.29, 1.82) is 0 Å². The summed E-state index contributed by atoms with van der Waals surface area (Å²) in [5, 5.41) is 0. The molecule has 21 heavy (non-hydrogen) atoms. The molecule has 0 amide bonds. The van der Waals surface area contributed by atoms with Crippen LogP contribution in [0.15, 0.2) is 41.6 Å². The topological polar surface area (TPSA) is 51.8 Å². The number of nitrogens with two attached hydrogens (primary N) is 1. The number of thioether (sulfide) groups is 1. The predicted octanol–water partition coefficient (Wildman–Crippen LogP) is 4.24. The van der Waals surface area contributed by atoms with Crippen LogP contribution >= 0.6 is 11.8 Å². The van der Waals surface area contributed by atoms with E-state index in [0.29, 0.717) is 11.4 Å². The number of rotatable bonds is 3. The third kappa shape index (κ3) is 5.73. The van der Waals surface area contributed by atoms with E-state index in [0.717, 1.165) is 5.56 Å². The van der Waals surface area contributed by atoms with Crippen molar-refractivity contribution in [2.45, 2.75) is 30.8 Å². The van der Waals surface area contributed by atoms with Gasteiger partial charge in [-0.2, -0.15) is 13.2 Å². The van der Waals surface area contributed by atoms with Gasteiger partial charge < -0.3 is 5.73 Å². The third-order valence-corrected chi connectivity index (χ3v) is 3.06. The van der Waals surface area contributed by atoms with Crippen molar-refractivity contribution in [2.75, 3.05) is 0 Å². The molecule has 7 heteroatoms. The van der Waals surface area contributed by atoms with Gasteiger partial charge in [0.1, 0.15) is 6.33 Å². The summed E-state index contributed by atoms with van der Waals surface area (Å²) in [4.78, 5) is 8.17. The SMILES string of the molecule is CC.NCc1cc(-c2ccc(SC(F)(F)F)cc2)ncn1. The van der Waals surface area contributed by atoms with Gasteiger partial charge in [-0.1, -0.05) is 26.0 Å². The van der Waals surface area contributed by atoms with E-state index in [-0.39, 0.29) is 23.2 Å². The van der Waals surface area contributed by atoms with Gasteiger partial charge in [0.25, 0.3) is 0 Å². The summed E-state index contributed by atoms with van der Waals surface area (Å²) >= 11 is -0.140. The zero-order chi connectivity index (χ0) is 15.9. The second-order valence-electron chi connectivity index (χ2n) is 3.67. The molecule has 0 saturated heterocycles. The van der Waals surface area contributed by atoms with Crippen LogP contribution in [-0.2, 0) is 6.54 Å². The lowest BCUT2D eigenvalue weighted by atomic mass is 10.1. The molecule has 0 bridgehead atoms. The first-order valence-electron chi connectivity index (χ1n) is 6.35. The van der Waals surface area contributed by atoms with Gasteiger partial charge in [0.05, 0.1) is 11.4 Å². The normalized spacial score (nSPS) is 10.8. The molecule has 0 radical (unpaired) electrons. The maximum absolute atomic E-state index is 12.2. The van der Waals surface area contributed by atoms with Gasteiger partial charge in [-0.3, -0.25) is 0 Å². The molecule has 0 aliphatic heterocycles. The molecule has 0 fully saturated rings. The van der Waals surface area contributed by atoms with E-state index in [1.165, 1.54) is 18.5 Å². The van der Waals surface area contributed by atoms with Crippen LogP contribution < -0.4 is 5.73 Å². The van der Waals surface area contributed by atoms with Crippen LogP contribution in [0.1, 0.15) is 19.5 Å². The fraction of sp³-hybridized carbons (Fsp3) is 0.286. The van der Waals surface area contributed by atoms with Crippen LogP contribution in [-0.4, -0.2) is 15.5 Å². The summed E-state index contributed by atoms with van der Waals surface area (Å²) in [7, 11) is 0.